The molecule has 0 aliphatic rings. The van der Waals surface area contributed by atoms with Gasteiger partial charge in [0.15, 0.2) is 0 Å². The number of carbonyl (C=O) groups is 1. The molecule has 3 aromatic rings. The monoisotopic (exact) mass is 374 g/mol. The molecule has 0 saturated carbocycles. The van der Waals surface area contributed by atoms with Gasteiger partial charge in [0.05, 0.1) is 6.61 Å². The van der Waals surface area contributed by atoms with Gasteiger partial charge in [-0.1, -0.05) is 28.1 Å². The van der Waals surface area contributed by atoms with Crippen LogP contribution in [-0.4, -0.2) is 27.7 Å². The third-order valence-electron chi connectivity index (χ3n) is 3.55. The maximum atomic E-state index is 12.3. The van der Waals surface area contributed by atoms with Crippen LogP contribution in [0.15, 0.2) is 53.0 Å². The Hall–Kier alpha value is -2.15. The number of rotatable bonds is 4. The number of hydrogen-bond donors (Lipinski definition) is 4. The summed E-state index contributed by atoms with van der Waals surface area (Å²) in [5, 5.41) is 22.2. The molecule has 118 valence electrons. The van der Waals surface area contributed by atoms with E-state index in [1.165, 1.54) is 0 Å². The molecule has 0 aliphatic heterocycles. The van der Waals surface area contributed by atoms with Crippen LogP contribution in [0.4, 0.5) is 5.69 Å². The largest absolute Gasteiger partial charge is 0.393 e. The average Bonchev–Trinajstić information content (AvgIpc) is 2.98. The highest BCUT2D eigenvalue weighted by Gasteiger charge is 2.11. The number of halogens is 1. The van der Waals surface area contributed by atoms with E-state index >= 15 is 0 Å². The number of aliphatic hydroxyl groups is 2. The Bertz CT molecular complexity index is 843. The topological polar surface area (TPSA) is 85.3 Å². The zero-order valence-electron chi connectivity index (χ0n) is 12.1. The number of benzene rings is 2. The molecule has 1 unspecified atom stereocenters. The number of aromatic nitrogens is 1. The number of carbonyl (C=O) groups excluding carboxylic acids is 1. The number of aliphatic hydroxyl groups excluding tert-OH is 2. The molecule has 0 aliphatic carbocycles. The van der Waals surface area contributed by atoms with E-state index < -0.39 is 6.10 Å². The van der Waals surface area contributed by atoms with E-state index in [0.717, 1.165) is 15.4 Å². The fraction of sp³-hybridized carbons (Fsp3) is 0.118. The van der Waals surface area contributed by atoms with E-state index in [1.807, 2.05) is 18.2 Å². The van der Waals surface area contributed by atoms with Crippen molar-refractivity contribution in [3.63, 3.8) is 0 Å². The third-order valence-corrected chi connectivity index (χ3v) is 4.05. The van der Waals surface area contributed by atoms with Gasteiger partial charge >= 0.3 is 0 Å². The number of H-pyrrole nitrogens is 1. The first kappa shape index (κ1) is 15.7. The van der Waals surface area contributed by atoms with Crippen molar-refractivity contribution in [1.82, 2.24) is 4.98 Å². The van der Waals surface area contributed by atoms with Crippen molar-refractivity contribution < 1.29 is 15.0 Å². The summed E-state index contributed by atoms with van der Waals surface area (Å²) in [6, 6.07) is 14.2. The van der Waals surface area contributed by atoms with Crippen molar-refractivity contribution >= 4 is 38.4 Å². The van der Waals surface area contributed by atoms with Crippen molar-refractivity contribution in [2.24, 2.45) is 0 Å². The molecule has 0 bridgehead atoms. The smallest absolute Gasteiger partial charge is 0.272 e. The van der Waals surface area contributed by atoms with Gasteiger partial charge in [-0.05, 0) is 42.0 Å². The number of fused-ring (bicyclic) bond motifs is 1. The minimum atomic E-state index is -0.910. The molecule has 2 aromatic carbocycles. The number of hydrogen-bond acceptors (Lipinski definition) is 3. The van der Waals surface area contributed by atoms with Gasteiger partial charge in [0, 0.05) is 21.1 Å². The molecular formula is C17H15BrN2O3. The molecule has 1 amide bonds. The van der Waals surface area contributed by atoms with E-state index in [4.69, 9.17) is 5.11 Å². The fourth-order valence-electron chi connectivity index (χ4n) is 2.32. The summed E-state index contributed by atoms with van der Waals surface area (Å²) in [6.07, 6.45) is -0.910. The average molecular weight is 375 g/mol. The lowest BCUT2D eigenvalue weighted by Gasteiger charge is -2.09. The van der Waals surface area contributed by atoms with E-state index in [0.29, 0.717) is 16.9 Å². The van der Waals surface area contributed by atoms with Gasteiger partial charge in [-0.2, -0.15) is 0 Å². The lowest BCUT2D eigenvalue weighted by Crippen LogP contribution is -2.12. The summed E-state index contributed by atoms with van der Waals surface area (Å²) < 4.78 is 0.953. The van der Waals surface area contributed by atoms with Gasteiger partial charge in [-0.25, -0.2) is 0 Å². The highest BCUT2D eigenvalue weighted by molar-refractivity contribution is 9.10. The number of aromatic amines is 1. The van der Waals surface area contributed by atoms with Crippen molar-refractivity contribution in [2.75, 3.05) is 11.9 Å². The second kappa shape index (κ2) is 6.54. The van der Waals surface area contributed by atoms with Gasteiger partial charge in [0.1, 0.15) is 11.8 Å². The lowest BCUT2D eigenvalue weighted by molar-refractivity contribution is 0.0956. The van der Waals surface area contributed by atoms with Gasteiger partial charge in [-0.3, -0.25) is 4.79 Å². The van der Waals surface area contributed by atoms with Crippen molar-refractivity contribution in [3.05, 3.63) is 64.3 Å². The number of anilines is 1. The van der Waals surface area contributed by atoms with E-state index in [1.54, 1.807) is 30.3 Å². The summed E-state index contributed by atoms with van der Waals surface area (Å²) in [6.45, 7) is -0.337. The van der Waals surface area contributed by atoms with Crippen LogP contribution in [0.25, 0.3) is 10.9 Å². The molecule has 0 saturated heterocycles. The third kappa shape index (κ3) is 3.44. The summed E-state index contributed by atoms with van der Waals surface area (Å²) >= 11 is 3.40. The molecule has 1 atom stereocenters. The SMILES string of the molecule is O=C(Nc1ccc(C(O)CO)cc1)c1cc2cc(Br)ccc2[nH]1. The van der Waals surface area contributed by atoms with Gasteiger partial charge in [0.25, 0.3) is 5.91 Å². The zero-order valence-corrected chi connectivity index (χ0v) is 13.7. The summed E-state index contributed by atoms with van der Waals surface area (Å²) in [5.41, 5.74) is 2.57. The fourth-order valence-corrected chi connectivity index (χ4v) is 2.70. The van der Waals surface area contributed by atoms with E-state index in [-0.39, 0.29) is 12.5 Å². The Labute approximate surface area is 141 Å². The van der Waals surface area contributed by atoms with Gasteiger partial charge < -0.3 is 20.5 Å². The van der Waals surface area contributed by atoms with Crippen LogP contribution in [0, 0.1) is 0 Å². The zero-order chi connectivity index (χ0) is 16.4. The lowest BCUT2D eigenvalue weighted by atomic mass is 10.1. The summed E-state index contributed by atoms with van der Waals surface area (Å²) in [5.74, 6) is -0.243. The summed E-state index contributed by atoms with van der Waals surface area (Å²) in [7, 11) is 0. The van der Waals surface area contributed by atoms with Crippen molar-refractivity contribution in [3.8, 4) is 0 Å². The van der Waals surface area contributed by atoms with Gasteiger partial charge in [-0.15, -0.1) is 0 Å². The second-order valence-corrected chi connectivity index (χ2v) is 6.10. The number of nitrogens with one attached hydrogen (secondary N) is 2. The van der Waals surface area contributed by atoms with Crippen LogP contribution < -0.4 is 5.32 Å². The first-order chi connectivity index (χ1) is 11.1. The molecule has 3 rings (SSSR count). The Balaban J connectivity index is 1.77. The maximum Gasteiger partial charge on any atom is 0.272 e. The van der Waals surface area contributed by atoms with Crippen molar-refractivity contribution in [1.29, 1.82) is 0 Å². The Morgan fingerprint density at radius 2 is 1.91 bits per heavy atom. The normalized spacial score (nSPS) is 12.3. The highest BCUT2D eigenvalue weighted by Crippen LogP contribution is 2.21. The highest BCUT2D eigenvalue weighted by atomic mass is 79.9. The molecule has 0 radical (unpaired) electrons. The van der Waals surface area contributed by atoms with Gasteiger partial charge in [0.2, 0.25) is 0 Å². The Morgan fingerprint density at radius 1 is 1.17 bits per heavy atom. The molecule has 1 heterocycles. The predicted molar refractivity (Wildman–Crippen MR) is 92.4 cm³/mol. The maximum absolute atomic E-state index is 12.3. The van der Waals surface area contributed by atoms with Crippen LogP contribution in [0.3, 0.4) is 0 Å². The molecule has 5 nitrogen and oxygen atoms in total. The van der Waals surface area contributed by atoms with E-state index in [9.17, 15) is 9.90 Å². The van der Waals surface area contributed by atoms with Crippen LogP contribution in [-0.2, 0) is 0 Å². The van der Waals surface area contributed by atoms with Crippen LogP contribution in [0.5, 0.6) is 0 Å². The second-order valence-electron chi connectivity index (χ2n) is 5.19. The molecular weight excluding hydrogens is 360 g/mol. The van der Waals surface area contributed by atoms with Crippen LogP contribution >= 0.6 is 15.9 Å². The Morgan fingerprint density at radius 3 is 2.61 bits per heavy atom. The van der Waals surface area contributed by atoms with Crippen molar-refractivity contribution in [2.45, 2.75) is 6.10 Å². The predicted octanol–water partition coefficient (Wildman–Crippen LogP) is 3.21. The first-order valence-electron chi connectivity index (χ1n) is 7.05. The summed E-state index contributed by atoms with van der Waals surface area (Å²) in [4.78, 5) is 15.4. The molecule has 4 N–H and O–H groups in total. The molecule has 1 aromatic heterocycles. The molecule has 6 heteroatoms. The van der Waals surface area contributed by atoms with E-state index in [2.05, 4.69) is 26.2 Å². The minimum Gasteiger partial charge on any atom is -0.393 e. The molecule has 0 spiro atoms. The standard InChI is InChI=1S/C17H15BrN2O3/c18-12-3-6-14-11(7-12)8-15(20-14)17(23)19-13-4-1-10(2-5-13)16(22)9-21/h1-8,16,20-22H,9H2,(H,19,23). The molecule has 23 heavy (non-hydrogen) atoms. The number of amides is 1. The van der Waals surface area contributed by atoms with Crippen LogP contribution in [0.2, 0.25) is 0 Å². The quantitative estimate of drug-likeness (QED) is 0.565. The minimum absolute atomic E-state index is 0.243. The Kier molecular flexibility index (Phi) is 4.47. The van der Waals surface area contributed by atoms with Crippen LogP contribution in [0.1, 0.15) is 22.2 Å². The first-order valence-corrected chi connectivity index (χ1v) is 7.84. The molecule has 0 fully saturated rings.